The highest BCUT2D eigenvalue weighted by atomic mass is 16.3. The van der Waals surface area contributed by atoms with E-state index in [1.807, 2.05) is 36.7 Å². The van der Waals surface area contributed by atoms with E-state index in [2.05, 4.69) is 33.8 Å². The molecule has 186 valence electrons. The van der Waals surface area contributed by atoms with E-state index in [0.717, 1.165) is 18.8 Å². The molecule has 1 aromatic carbocycles. The molecule has 0 amide bonds. The molecule has 4 heterocycles. The van der Waals surface area contributed by atoms with Gasteiger partial charge in [0.2, 0.25) is 0 Å². The molecule has 0 atom stereocenters. The number of rotatable bonds is 5. The molecule has 0 unspecified atom stereocenters. The maximum Gasteiger partial charge on any atom is 0.276 e. The van der Waals surface area contributed by atoms with Crippen molar-refractivity contribution in [2.24, 2.45) is 0 Å². The molecule has 8 heteroatoms. The van der Waals surface area contributed by atoms with Crippen LogP contribution in [-0.4, -0.2) is 31.0 Å². The van der Waals surface area contributed by atoms with Crippen LogP contribution in [0.3, 0.4) is 0 Å². The zero-order chi connectivity index (χ0) is 25.2. The first kappa shape index (κ1) is 22.9. The van der Waals surface area contributed by atoms with E-state index in [-0.39, 0.29) is 11.6 Å². The van der Waals surface area contributed by atoms with Crippen LogP contribution in [0.2, 0.25) is 0 Å². The van der Waals surface area contributed by atoms with Crippen molar-refractivity contribution in [2.45, 2.75) is 64.1 Å². The van der Waals surface area contributed by atoms with E-state index in [4.69, 9.17) is 4.98 Å². The van der Waals surface area contributed by atoms with Gasteiger partial charge in [-0.25, -0.2) is 19.3 Å². The molecule has 2 aliphatic rings. The number of aliphatic hydroxyl groups is 1. The van der Waals surface area contributed by atoms with Crippen LogP contribution in [0.25, 0.3) is 16.7 Å². The highest BCUT2D eigenvalue weighted by Crippen LogP contribution is 2.50. The molecule has 4 aromatic rings. The second-order valence-electron chi connectivity index (χ2n) is 11.0. The van der Waals surface area contributed by atoms with Crippen molar-refractivity contribution in [1.29, 1.82) is 0 Å². The van der Waals surface area contributed by atoms with Crippen molar-refractivity contribution in [2.75, 3.05) is 11.9 Å². The summed E-state index contributed by atoms with van der Waals surface area (Å²) in [7, 11) is 0. The first-order chi connectivity index (χ1) is 17.2. The Balaban J connectivity index is 1.44. The lowest BCUT2D eigenvalue weighted by Crippen LogP contribution is -2.33. The predicted octanol–water partition coefficient (Wildman–Crippen LogP) is 4.27. The third-order valence-electron chi connectivity index (χ3n) is 7.41. The maximum atomic E-state index is 13.3. The minimum atomic E-state index is -1.10. The van der Waals surface area contributed by atoms with E-state index in [1.165, 1.54) is 24.0 Å². The average Bonchev–Trinajstić information content (AvgIpc) is 3.54. The topological polar surface area (TPSA) is 97.0 Å². The van der Waals surface area contributed by atoms with Gasteiger partial charge in [0.25, 0.3) is 5.56 Å². The summed E-state index contributed by atoms with van der Waals surface area (Å²) in [5.74, 6) is 1.22. The van der Waals surface area contributed by atoms with Crippen molar-refractivity contribution >= 4 is 22.4 Å². The third-order valence-corrected chi connectivity index (χ3v) is 7.41. The molecule has 0 saturated heterocycles. The third kappa shape index (κ3) is 3.72. The van der Waals surface area contributed by atoms with Crippen LogP contribution in [0.5, 0.6) is 0 Å². The normalized spacial score (nSPS) is 16.5. The van der Waals surface area contributed by atoms with Crippen molar-refractivity contribution in [3.05, 3.63) is 75.8 Å². The molecule has 0 bridgehead atoms. The molecule has 1 saturated carbocycles. The Kier molecular flexibility index (Phi) is 5.10. The van der Waals surface area contributed by atoms with Crippen LogP contribution >= 0.6 is 0 Å². The summed E-state index contributed by atoms with van der Waals surface area (Å²) < 4.78 is 3.52. The molecule has 1 spiro atoms. The van der Waals surface area contributed by atoms with Gasteiger partial charge in [-0.3, -0.25) is 4.79 Å². The molecule has 6 rings (SSSR count). The van der Waals surface area contributed by atoms with Gasteiger partial charge in [0.1, 0.15) is 11.4 Å². The lowest BCUT2D eigenvalue weighted by molar-refractivity contribution is 0.0738. The van der Waals surface area contributed by atoms with Crippen LogP contribution < -0.4 is 16.2 Å². The van der Waals surface area contributed by atoms with Crippen LogP contribution in [-0.2, 0) is 17.6 Å². The number of hydrogen-bond donors (Lipinski definition) is 3. The maximum absolute atomic E-state index is 13.3. The minimum absolute atomic E-state index is 0.100. The average molecular weight is 485 g/mol. The zero-order valence-corrected chi connectivity index (χ0v) is 21.2. The first-order valence-electron chi connectivity index (χ1n) is 12.6. The fourth-order valence-electron chi connectivity index (χ4n) is 5.38. The van der Waals surface area contributed by atoms with Crippen molar-refractivity contribution in [1.82, 2.24) is 24.6 Å². The molecular formula is C28H32N6O2. The first-order valence-corrected chi connectivity index (χ1v) is 12.6. The van der Waals surface area contributed by atoms with Crippen LogP contribution in [0.1, 0.15) is 63.4 Å². The lowest BCUT2D eigenvalue weighted by Gasteiger charge is -2.26. The van der Waals surface area contributed by atoms with Crippen LogP contribution in [0, 0.1) is 0 Å². The van der Waals surface area contributed by atoms with Gasteiger partial charge < -0.3 is 15.7 Å². The van der Waals surface area contributed by atoms with Gasteiger partial charge in [-0.15, -0.1) is 0 Å². The monoisotopic (exact) mass is 484 g/mol. The Labute approximate surface area is 210 Å². The van der Waals surface area contributed by atoms with Crippen molar-refractivity contribution < 1.29 is 5.11 Å². The highest BCUT2D eigenvalue weighted by Gasteiger charge is 2.46. The Morgan fingerprint density at radius 3 is 2.69 bits per heavy atom. The van der Waals surface area contributed by atoms with Gasteiger partial charge in [0.15, 0.2) is 5.82 Å². The summed E-state index contributed by atoms with van der Waals surface area (Å²) >= 11 is 0. The fraction of sp³-hybridized carbons (Fsp3) is 0.393. The summed E-state index contributed by atoms with van der Waals surface area (Å²) in [6.07, 6.45) is 4.14. The van der Waals surface area contributed by atoms with E-state index in [0.29, 0.717) is 33.6 Å². The molecule has 8 nitrogen and oxygen atoms in total. The molecule has 36 heavy (non-hydrogen) atoms. The molecule has 0 radical (unpaired) electrons. The van der Waals surface area contributed by atoms with E-state index < -0.39 is 5.60 Å². The summed E-state index contributed by atoms with van der Waals surface area (Å²) in [5, 5.41) is 18.0. The lowest BCUT2D eigenvalue weighted by atomic mass is 9.88. The molecule has 3 aromatic heterocycles. The largest absolute Gasteiger partial charge is 0.384 e. The highest BCUT2D eigenvalue weighted by molar-refractivity contribution is 5.82. The van der Waals surface area contributed by atoms with Gasteiger partial charge in [-0.05, 0) is 75.9 Å². The number of pyridine rings is 2. The second kappa shape index (κ2) is 8.01. The Hall–Kier alpha value is -3.49. The van der Waals surface area contributed by atoms with Gasteiger partial charge >= 0.3 is 0 Å². The second-order valence-corrected chi connectivity index (χ2v) is 11.0. The van der Waals surface area contributed by atoms with Crippen molar-refractivity contribution in [3.8, 4) is 5.82 Å². The van der Waals surface area contributed by atoms with Gasteiger partial charge in [-0.2, -0.15) is 0 Å². The van der Waals surface area contributed by atoms with E-state index >= 15 is 0 Å². The molecular weight excluding hydrogens is 452 g/mol. The number of nitrogens with zero attached hydrogens (tertiary/aromatic N) is 4. The number of nitrogens with one attached hydrogen (secondary N) is 2. The Morgan fingerprint density at radius 1 is 1.17 bits per heavy atom. The number of anilines is 2. The molecule has 1 fully saturated rings. The fourth-order valence-corrected chi connectivity index (χ4v) is 5.38. The summed E-state index contributed by atoms with van der Waals surface area (Å²) in [5.41, 5.74) is 4.14. The van der Waals surface area contributed by atoms with E-state index in [9.17, 15) is 9.90 Å². The van der Waals surface area contributed by atoms with Crippen LogP contribution in [0.4, 0.5) is 11.5 Å². The van der Waals surface area contributed by atoms with E-state index in [1.54, 1.807) is 30.8 Å². The smallest absolute Gasteiger partial charge is 0.276 e. The van der Waals surface area contributed by atoms with Gasteiger partial charge in [-0.1, -0.05) is 12.1 Å². The Morgan fingerprint density at radius 2 is 1.97 bits per heavy atom. The molecule has 1 aliphatic heterocycles. The van der Waals surface area contributed by atoms with Gasteiger partial charge in [0, 0.05) is 42.5 Å². The Bertz CT molecular complexity index is 1540. The standard InChI is InChI=1S/C28H32N6O2/c1-17(2)33-26(35)20-15-30-24(13-22(20)34(33)25-7-5-6-23(32-25)27(3,4)36)31-19-8-9-21-18(12-19)14-29-16-28(21)10-11-28/h5-9,12-13,15,17,29,36H,10-11,14,16H2,1-4H3,(H,30,31). The SMILES string of the molecule is CC(C)n1c(=O)c2cnc(Nc3ccc4c(c3)CNCC43CC3)cc2n1-c1cccc(C(C)(C)O)n1. The van der Waals surface area contributed by atoms with Crippen LogP contribution in [0.15, 0.2) is 53.5 Å². The summed E-state index contributed by atoms with van der Waals surface area (Å²) in [6, 6.07) is 13.9. The van der Waals surface area contributed by atoms with Gasteiger partial charge in [0.05, 0.1) is 16.6 Å². The summed E-state index contributed by atoms with van der Waals surface area (Å²) in [6.45, 7) is 9.28. The summed E-state index contributed by atoms with van der Waals surface area (Å²) in [4.78, 5) is 22.6. The molecule has 1 aliphatic carbocycles. The number of benzene rings is 1. The zero-order valence-electron chi connectivity index (χ0n) is 21.2. The predicted molar refractivity (Wildman–Crippen MR) is 141 cm³/mol. The quantitative estimate of drug-likeness (QED) is 0.392. The minimum Gasteiger partial charge on any atom is -0.384 e. The number of hydrogen-bond acceptors (Lipinski definition) is 6. The number of fused-ring (bicyclic) bond motifs is 3. The molecule has 3 N–H and O–H groups in total. The number of aromatic nitrogens is 4. The van der Waals surface area contributed by atoms with Crippen molar-refractivity contribution in [3.63, 3.8) is 0 Å².